The van der Waals surface area contributed by atoms with Gasteiger partial charge in [-0.2, -0.15) is 39.5 Å². The highest BCUT2D eigenvalue weighted by Crippen LogP contribution is 2.32. The van der Waals surface area contributed by atoms with E-state index in [0.29, 0.717) is 37.1 Å². The maximum atomic E-state index is 12.8. The fourth-order valence-corrected chi connectivity index (χ4v) is 4.83. The average Bonchev–Trinajstić information content (AvgIpc) is 3.47. The molecule has 50 heavy (non-hydrogen) atoms. The molecular weight excluding hydrogens is 693 g/mol. The molecule has 0 spiro atoms. The zero-order valence-electron chi connectivity index (χ0n) is 27.2. The van der Waals surface area contributed by atoms with Crippen molar-refractivity contribution in [3.63, 3.8) is 0 Å². The summed E-state index contributed by atoms with van der Waals surface area (Å²) < 4.78 is 113. The summed E-state index contributed by atoms with van der Waals surface area (Å²) in [4.78, 5) is 47.7. The lowest BCUT2D eigenvalue weighted by Crippen LogP contribution is -2.64. The van der Waals surface area contributed by atoms with Crippen LogP contribution < -0.4 is 10.8 Å². The summed E-state index contributed by atoms with van der Waals surface area (Å²) in [6.07, 6.45) is -12.8. The molecule has 0 bridgehead atoms. The molecule has 2 aliphatic heterocycles. The number of carboxylic acid groups (broad SMARTS) is 1. The first-order valence-corrected chi connectivity index (χ1v) is 15.0. The fourth-order valence-electron chi connectivity index (χ4n) is 4.83. The molecule has 2 atom stereocenters. The Kier molecular flexibility index (Phi) is 13.9. The molecule has 2 saturated heterocycles. The third-order valence-corrected chi connectivity index (χ3v) is 7.14. The number of esters is 1. The second kappa shape index (κ2) is 16.6. The molecule has 0 aromatic heterocycles. The first kappa shape index (κ1) is 41.8. The van der Waals surface area contributed by atoms with Crippen molar-refractivity contribution < 1.29 is 74.3 Å². The van der Waals surface area contributed by atoms with Crippen LogP contribution in [0, 0.1) is 5.92 Å². The molecule has 0 radical (unpaired) electrons. The van der Waals surface area contributed by atoms with Gasteiger partial charge in [-0.05, 0) is 62.6 Å². The predicted molar refractivity (Wildman–Crippen MR) is 155 cm³/mol. The van der Waals surface area contributed by atoms with Crippen LogP contribution in [0.4, 0.5) is 39.5 Å². The van der Waals surface area contributed by atoms with Gasteiger partial charge in [0.1, 0.15) is 11.6 Å². The third kappa shape index (κ3) is 13.5. The van der Waals surface area contributed by atoms with Gasteiger partial charge in [0, 0.05) is 32.6 Å². The lowest BCUT2D eigenvalue weighted by Gasteiger charge is -2.21. The Bertz CT molecular complexity index is 1500. The molecule has 18 heteroatoms. The number of halogens is 9. The molecule has 0 aliphatic carbocycles. The van der Waals surface area contributed by atoms with Gasteiger partial charge in [-0.15, -0.1) is 0 Å². The highest BCUT2D eigenvalue weighted by atomic mass is 19.4. The normalized spacial score (nSPS) is 18.3. The minimum absolute atomic E-state index is 0.00477. The van der Waals surface area contributed by atoms with Gasteiger partial charge in [0.05, 0.1) is 23.5 Å². The molecule has 3 N–H and O–H groups in total. The number of rotatable bonds is 6. The lowest BCUT2D eigenvalue weighted by molar-refractivity contribution is -0.401. The Morgan fingerprint density at radius 3 is 1.56 bits per heavy atom. The minimum atomic E-state index is -5.19. The largest absolute Gasteiger partial charge is 0.542 e. The van der Waals surface area contributed by atoms with Crippen LogP contribution in [0.25, 0.3) is 0 Å². The maximum Gasteiger partial charge on any atom is 0.430 e. The number of alkyl halides is 9. The quantitative estimate of drug-likeness (QED) is 0.351. The molecule has 2 aliphatic rings. The van der Waals surface area contributed by atoms with Crippen molar-refractivity contribution in [2.45, 2.75) is 83.3 Å². The van der Waals surface area contributed by atoms with E-state index in [9.17, 15) is 53.9 Å². The standard InChI is InChI=1S/C18H22F3NO3.C12H13F3N2O.C2HF3O2/c1-17(2,3)25-15(23)10-13-7-8-22(16(13)24)11-12-5-4-6-14(9-12)18(19,20)21;13-12(14,15)9-3-1-2-8(6-9)7-17-5-4-10(16)11(17)18;3-2(4,5)1(6)7/h4-6,9,13H,7-8,10-11H2,1-3H3;1-3,6,10H,4-5,7,16H2;(H,6,7)/t13-;10-;/m10./s1. The number of likely N-dealkylation sites (tertiary alicyclic amines) is 2. The van der Waals surface area contributed by atoms with Gasteiger partial charge in [0.25, 0.3) is 5.91 Å². The molecular formula is C32H36F9N3O6. The molecule has 9 nitrogen and oxygen atoms in total. The second-order valence-electron chi connectivity index (χ2n) is 12.5. The van der Waals surface area contributed by atoms with Crippen molar-refractivity contribution in [1.29, 1.82) is 0 Å². The topological polar surface area (TPSA) is 135 Å². The Labute approximate surface area is 281 Å². The van der Waals surface area contributed by atoms with Crippen LogP contribution in [-0.2, 0) is 49.4 Å². The summed E-state index contributed by atoms with van der Waals surface area (Å²) in [5.74, 6) is -4.23. The summed E-state index contributed by atoms with van der Waals surface area (Å²) in [6.45, 7) is 6.55. The third-order valence-electron chi connectivity index (χ3n) is 7.14. The minimum Gasteiger partial charge on any atom is -0.542 e. The van der Waals surface area contributed by atoms with Crippen molar-refractivity contribution in [1.82, 2.24) is 9.80 Å². The van der Waals surface area contributed by atoms with E-state index in [4.69, 9.17) is 14.6 Å². The molecule has 2 amide bonds. The van der Waals surface area contributed by atoms with Gasteiger partial charge in [-0.1, -0.05) is 24.3 Å². The van der Waals surface area contributed by atoms with Crippen LogP contribution in [-0.4, -0.2) is 64.5 Å². The number of hydrogen-bond donors (Lipinski definition) is 1. The number of amides is 2. The summed E-state index contributed by atoms with van der Waals surface area (Å²) in [6, 6.07) is 9.74. The van der Waals surface area contributed by atoms with Gasteiger partial charge >= 0.3 is 24.5 Å². The molecule has 2 fully saturated rings. The van der Waals surface area contributed by atoms with Crippen LogP contribution in [0.1, 0.15) is 62.3 Å². The first-order chi connectivity index (χ1) is 22.8. The van der Waals surface area contributed by atoms with Crippen LogP contribution in [0.2, 0.25) is 0 Å². The van der Waals surface area contributed by atoms with Crippen LogP contribution in [0.15, 0.2) is 48.5 Å². The van der Waals surface area contributed by atoms with Gasteiger partial charge in [0.15, 0.2) is 6.04 Å². The number of carboxylic acids is 1. The van der Waals surface area contributed by atoms with Crippen molar-refractivity contribution in [2.24, 2.45) is 5.92 Å². The second-order valence-corrected chi connectivity index (χ2v) is 12.5. The number of quaternary nitrogens is 1. The van der Waals surface area contributed by atoms with E-state index in [-0.39, 0.29) is 37.4 Å². The molecule has 278 valence electrons. The number of nitrogens with zero attached hydrogens (tertiary/aromatic N) is 2. The van der Waals surface area contributed by atoms with Gasteiger partial charge in [0.2, 0.25) is 5.91 Å². The molecule has 2 aromatic rings. The Balaban J connectivity index is 0.000000301. The van der Waals surface area contributed by atoms with Gasteiger partial charge in [-0.25, -0.2) is 0 Å². The molecule has 4 rings (SSSR count). The number of aliphatic carboxylic acids is 1. The van der Waals surface area contributed by atoms with E-state index < -0.39 is 53.1 Å². The number of carbonyl (C=O) groups is 4. The van der Waals surface area contributed by atoms with Crippen molar-refractivity contribution in [3.05, 3.63) is 70.8 Å². The van der Waals surface area contributed by atoms with E-state index in [1.807, 2.05) is 0 Å². The summed E-state index contributed by atoms with van der Waals surface area (Å²) in [5.41, 5.74) is 2.58. The number of benzene rings is 2. The molecule has 0 saturated carbocycles. The van der Waals surface area contributed by atoms with Gasteiger partial charge < -0.3 is 30.2 Å². The zero-order valence-corrected chi connectivity index (χ0v) is 27.2. The van der Waals surface area contributed by atoms with Crippen molar-refractivity contribution in [2.75, 3.05) is 13.1 Å². The monoisotopic (exact) mass is 729 g/mol. The zero-order chi connectivity index (χ0) is 38.2. The van der Waals surface area contributed by atoms with E-state index >= 15 is 0 Å². The van der Waals surface area contributed by atoms with E-state index in [0.717, 1.165) is 24.3 Å². The molecule has 0 unspecified atom stereocenters. The summed E-state index contributed by atoms with van der Waals surface area (Å²) in [7, 11) is 0. The van der Waals surface area contributed by atoms with E-state index in [1.54, 1.807) is 37.8 Å². The van der Waals surface area contributed by atoms with E-state index in [2.05, 4.69) is 5.73 Å². The highest BCUT2D eigenvalue weighted by molar-refractivity contribution is 5.85. The van der Waals surface area contributed by atoms with Crippen molar-refractivity contribution >= 4 is 23.8 Å². The Morgan fingerprint density at radius 1 is 0.780 bits per heavy atom. The molecule has 2 aromatic carbocycles. The Morgan fingerprint density at radius 2 is 1.20 bits per heavy atom. The smallest absolute Gasteiger partial charge is 0.430 e. The first-order valence-electron chi connectivity index (χ1n) is 15.0. The lowest BCUT2D eigenvalue weighted by atomic mass is 10.0. The summed E-state index contributed by atoms with van der Waals surface area (Å²) in [5, 5.41) is 8.78. The maximum absolute atomic E-state index is 12.8. The fraction of sp³-hybridized carbons (Fsp3) is 0.500. The highest BCUT2D eigenvalue weighted by Gasteiger charge is 2.36. The molecule has 2 heterocycles. The predicted octanol–water partition coefficient (Wildman–Crippen LogP) is 4.13. The van der Waals surface area contributed by atoms with Gasteiger partial charge in [-0.3, -0.25) is 14.4 Å². The van der Waals surface area contributed by atoms with Crippen LogP contribution in [0.5, 0.6) is 0 Å². The SMILES string of the molecule is CC(C)(C)OC(=O)C[C@H]1CCN(Cc2cccc(C(F)(F)F)c2)C1=O.O=C([O-])C(F)(F)F.[NH3+][C@H]1CCN(Cc2cccc(C(F)(F)F)c2)C1=O. The summed E-state index contributed by atoms with van der Waals surface area (Å²) >= 11 is 0. The number of ether oxygens (including phenoxy) is 1. The number of carbonyl (C=O) groups excluding carboxylic acids is 4. The van der Waals surface area contributed by atoms with Crippen LogP contribution >= 0.6 is 0 Å². The average molecular weight is 730 g/mol. The van der Waals surface area contributed by atoms with Crippen molar-refractivity contribution in [3.8, 4) is 0 Å². The number of hydrogen-bond acceptors (Lipinski definition) is 6. The Hall–Kier alpha value is -4.35. The van der Waals surface area contributed by atoms with Crippen LogP contribution in [0.3, 0.4) is 0 Å². The van der Waals surface area contributed by atoms with E-state index in [1.165, 1.54) is 17.0 Å².